The number of carbonyl (C=O) groups is 2. The van der Waals surface area contributed by atoms with E-state index in [1.54, 1.807) is 4.90 Å². The molecule has 1 saturated heterocycles. The number of hydrogen-bond acceptors (Lipinski definition) is 4. The van der Waals surface area contributed by atoms with Gasteiger partial charge in [0.25, 0.3) is 15.9 Å². The number of nitrogens with one attached hydrogen (secondary N) is 2. The number of nitrogens with zero attached hydrogens (tertiary/aromatic N) is 1. The van der Waals surface area contributed by atoms with Crippen LogP contribution >= 0.6 is 0 Å². The molecule has 2 amide bonds. The maximum Gasteiger partial charge on any atom is 0.261 e. The molecule has 172 valence electrons. The molecule has 0 aliphatic carbocycles. The predicted molar refractivity (Wildman–Crippen MR) is 120 cm³/mol. The Morgan fingerprint density at radius 3 is 2.38 bits per heavy atom. The molecular formula is C23H28FN3O4S. The lowest BCUT2D eigenvalue weighted by Crippen LogP contribution is -2.46. The van der Waals surface area contributed by atoms with Crippen molar-refractivity contribution < 1.29 is 22.4 Å². The standard InChI is InChI=1S/C23H28FN3O4S/c1-16(2)13-14-25-22(28)21-4-3-15-27(21)23(29)17-5-9-19(10-6-17)26-32(30,31)20-11-7-18(24)8-12-20/h5-12,16,21,26H,3-4,13-15H2,1-2H3,(H,25,28). The molecule has 2 N–H and O–H groups in total. The summed E-state index contributed by atoms with van der Waals surface area (Å²) >= 11 is 0. The molecule has 7 nitrogen and oxygen atoms in total. The summed E-state index contributed by atoms with van der Waals surface area (Å²) in [6.45, 7) is 5.25. The van der Waals surface area contributed by atoms with E-state index in [0.717, 1.165) is 25.0 Å². The van der Waals surface area contributed by atoms with Crippen LogP contribution in [0.4, 0.5) is 10.1 Å². The Kier molecular flexibility index (Phi) is 7.50. The van der Waals surface area contributed by atoms with Crippen molar-refractivity contribution in [2.24, 2.45) is 5.92 Å². The van der Waals surface area contributed by atoms with Gasteiger partial charge in [0.05, 0.1) is 4.90 Å². The number of benzene rings is 2. The zero-order chi connectivity index (χ0) is 23.3. The number of amides is 2. The minimum absolute atomic E-state index is 0.0672. The molecule has 1 unspecified atom stereocenters. The molecule has 1 aliphatic heterocycles. The zero-order valence-corrected chi connectivity index (χ0v) is 19.0. The van der Waals surface area contributed by atoms with Gasteiger partial charge in [-0.2, -0.15) is 0 Å². The number of carbonyl (C=O) groups excluding carboxylic acids is 2. The Bertz CT molecular complexity index is 1050. The Labute approximate surface area is 188 Å². The van der Waals surface area contributed by atoms with E-state index >= 15 is 0 Å². The zero-order valence-electron chi connectivity index (χ0n) is 18.2. The van der Waals surface area contributed by atoms with E-state index < -0.39 is 21.9 Å². The highest BCUT2D eigenvalue weighted by molar-refractivity contribution is 7.92. The Morgan fingerprint density at radius 2 is 1.75 bits per heavy atom. The SMILES string of the molecule is CC(C)CCNC(=O)C1CCCN1C(=O)c1ccc(NS(=O)(=O)c2ccc(F)cc2)cc1. The molecule has 0 saturated carbocycles. The van der Waals surface area contributed by atoms with Crippen molar-refractivity contribution in [1.82, 2.24) is 10.2 Å². The molecular weight excluding hydrogens is 433 g/mol. The van der Waals surface area contributed by atoms with Gasteiger partial charge in [-0.1, -0.05) is 13.8 Å². The van der Waals surface area contributed by atoms with Crippen LogP contribution in [0.3, 0.4) is 0 Å². The van der Waals surface area contributed by atoms with Crippen LogP contribution in [0.1, 0.15) is 43.5 Å². The molecule has 32 heavy (non-hydrogen) atoms. The molecule has 2 aromatic rings. The second-order valence-corrected chi connectivity index (χ2v) is 9.95. The molecule has 1 fully saturated rings. The van der Waals surface area contributed by atoms with Gasteiger partial charge in [0.2, 0.25) is 5.91 Å². The van der Waals surface area contributed by atoms with Crippen molar-refractivity contribution in [3.8, 4) is 0 Å². The highest BCUT2D eigenvalue weighted by Crippen LogP contribution is 2.22. The first-order valence-corrected chi connectivity index (χ1v) is 12.1. The quantitative estimate of drug-likeness (QED) is 0.630. The number of sulfonamides is 1. The van der Waals surface area contributed by atoms with Gasteiger partial charge in [-0.15, -0.1) is 0 Å². The van der Waals surface area contributed by atoms with Crippen LogP contribution in [0.5, 0.6) is 0 Å². The lowest BCUT2D eigenvalue weighted by atomic mass is 10.1. The molecule has 1 heterocycles. The maximum atomic E-state index is 13.0. The molecule has 2 aromatic carbocycles. The smallest absolute Gasteiger partial charge is 0.261 e. The normalized spacial score (nSPS) is 16.2. The Morgan fingerprint density at radius 1 is 1.09 bits per heavy atom. The van der Waals surface area contributed by atoms with Gasteiger partial charge in [0.1, 0.15) is 11.9 Å². The molecule has 3 rings (SSSR count). The van der Waals surface area contributed by atoms with Crippen LogP contribution in [-0.2, 0) is 14.8 Å². The van der Waals surface area contributed by atoms with Crippen molar-refractivity contribution in [1.29, 1.82) is 0 Å². The number of anilines is 1. The number of halogens is 1. The lowest BCUT2D eigenvalue weighted by Gasteiger charge is -2.24. The number of likely N-dealkylation sites (tertiary alicyclic amines) is 1. The van der Waals surface area contributed by atoms with Gasteiger partial charge in [-0.3, -0.25) is 14.3 Å². The van der Waals surface area contributed by atoms with Crippen LogP contribution in [0.25, 0.3) is 0 Å². The third-order valence-electron chi connectivity index (χ3n) is 5.35. The summed E-state index contributed by atoms with van der Waals surface area (Å²) in [6.07, 6.45) is 2.25. The average molecular weight is 462 g/mol. The Balaban J connectivity index is 1.65. The fourth-order valence-electron chi connectivity index (χ4n) is 3.56. The van der Waals surface area contributed by atoms with E-state index in [1.807, 2.05) is 0 Å². The van der Waals surface area contributed by atoms with E-state index in [2.05, 4.69) is 23.9 Å². The van der Waals surface area contributed by atoms with Gasteiger partial charge in [-0.25, -0.2) is 12.8 Å². The predicted octanol–water partition coefficient (Wildman–Crippen LogP) is 3.39. The number of hydrogen-bond donors (Lipinski definition) is 2. The first-order chi connectivity index (χ1) is 15.2. The molecule has 0 bridgehead atoms. The highest BCUT2D eigenvalue weighted by Gasteiger charge is 2.34. The maximum absolute atomic E-state index is 13.0. The van der Waals surface area contributed by atoms with Crippen molar-refractivity contribution in [2.45, 2.75) is 44.0 Å². The van der Waals surface area contributed by atoms with E-state index in [-0.39, 0.29) is 22.4 Å². The van der Waals surface area contributed by atoms with Gasteiger partial charge >= 0.3 is 0 Å². The molecule has 0 aromatic heterocycles. The van der Waals surface area contributed by atoms with Gasteiger partial charge in [-0.05, 0) is 73.7 Å². The van der Waals surface area contributed by atoms with Gasteiger partial charge in [0, 0.05) is 24.3 Å². The van der Waals surface area contributed by atoms with Crippen LogP contribution < -0.4 is 10.0 Å². The number of rotatable bonds is 8. The minimum Gasteiger partial charge on any atom is -0.354 e. The molecule has 0 radical (unpaired) electrons. The van der Waals surface area contributed by atoms with Crippen molar-refractivity contribution in [3.63, 3.8) is 0 Å². The minimum atomic E-state index is -3.88. The summed E-state index contributed by atoms with van der Waals surface area (Å²) in [7, 11) is -3.88. The van der Waals surface area contributed by atoms with Gasteiger partial charge < -0.3 is 10.2 Å². The molecule has 1 aliphatic rings. The third-order valence-corrected chi connectivity index (χ3v) is 6.74. The van der Waals surface area contributed by atoms with Crippen LogP contribution in [0.2, 0.25) is 0 Å². The highest BCUT2D eigenvalue weighted by atomic mass is 32.2. The first kappa shape index (κ1) is 23.7. The second kappa shape index (κ2) is 10.1. The lowest BCUT2D eigenvalue weighted by molar-refractivity contribution is -0.124. The average Bonchev–Trinajstić information content (AvgIpc) is 3.23. The van der Waals surface area contributed by atoms with E-state index in [0.29, 0.717) is 31.0 Å². The van der Waals surface area contributed by atoms with Crippen LogP contribution in [0.15, 0.2) is 53.4 Å². The molecule has 1 atom stereocenters. The summed E-state index contributed by atoms with van der Waals surface area (Å²) in [5.41, 5.74) is 0.645. The Hall–Kier alpha value is -2.94. The van der Waals surface area contributed by atoms with Crippen LogP contribution in [0, 0.1) is 11.7 Å². The van der Waals surface area contributed by atoms with Gasteiger partial charge in [0.15, 0.2) is 0 Å². The fourth-order valence-corrected chi connectivity index (χ4v) is 4.62. The topological polar surface area (TPSA) is 95.6 Å². The summed E-state index contributed by atoms with van der Waals surface area (Å²) in [5.74, 6) is -0.448. The summed E-state index contributed by atoms with van der Waals surface area (Å²) in [4.78, 5) is 27.0. The van der Waals surface area contributed by atoms with E-state index in [9.17, 15) is 22.4 Å². The second-order valence-electron chi connectivity index (χ2n) is 8.27. The van der Waals surface area contributed by atoms with Crippen LogP contribution in [-0.4, -0.2) is 44.3 Å². The summed E-state index contributed by atoms with van der Waals surface area (Å²) < 4.78 is 40.3. The first-order valence-electron chi connectivity index (χ1n) is 10.6. The van der Waals surface area contributed by atoms with E-state index in [1.165, 1.54) is 36.4 Å². The monoisotopic (exact) mass is 461 g/mol. The fraction of sp³-hybridized carbons (Fsp3) is 0.391. The summed E-state index contributed by atoms with van der Waals surface area (Å²) in [6, 6.07) is 10.0. The molecule has 0 spiro atoms. The molecule has 9 heteroatoms. The van der Waals surface area contributed by atoms with E-state index in [4.69, 9.17) is 0 Å². The van der Waals surface area contributed by atoms with Crippen molar-refractivity contribution in [2.75, 3.05) is 17.8 Å². The largest absolute Gasteiger partial charge is 0.354 e. The summed E-state index contributed by atoms with van der Waals surface area (Å²) in [5, 5.41) is 2.91. The van der Waals surface area contributed by atoms with Crippen molar-refractivity contribution >= 4 is 27.5 Å². The third kappa shape index (κ3) is 5.85. The van der Waals surface area contributed by atoms with Crippen molar-refractivity contribution in [3.05, 3.63) is 59.9 Å².